The van der Waals surface area contributed by atoms with Gasteiger partial charge >= 0.3 is 0 Å². The predicted molar refractivity (Wildman–Crippen MR) is 76.6 cm³/mol. The van der Waals surface area contributed by atoms with Crippen LogP contribution in [-0.2, 0) is 10.0 Å². The molecule has 0 saturated carbocycles. The normalized spacial score (nSPS) is 19.9. The summed E-state index contributed by atoms with van der Waals surface area (Å²) in [5.74, 6) is 0.378. The number of hydrogen-bond acceptors (Lipinski definition) is 4. The molecule has 0 bridgehead atoms. The van der Waals surface area contributed by atoms with Crippen LogP contribution in [0.25, 0.3) is 0 Å². The van der Waals surface area contributed by atoms with Gasteiger partial charge in [-0.15, -0.1) is 0 Å². The van der Waals surface area contributed by atoms with Crippen molar-refractivity contribution in [2.75, 3.05) is 26.2 Å². The highest BCUT2D eigenvalue weighted by atomic mass is 32.2. The molecule has 1 aliphatic heterocycles. The monoisotopic (exact) mass is 293 g/mol. The second-order valence-corrected chi connectivity index (χ2v) is 6.80. The minimum atomic E-state index is -3.47. The molecule has 0 aliphatic carbocycles. The van der Waals surface area contributed by atoms with Gasteiger partial charge < -0.3 is 4.90 Å². The van der Waals surface area contributed by atoms with E-state index in [1.807, 2.05) is 6.07 Å². The van der Waals surface area contributed by atoms with E-state index in [1.165, 1.54) is 24.3 Å². The van der Waals surface area contributed by atoms with Crippen LogP contribution in [0.3, 0.4) is 0 Å². The maximum Gasteiger partial charge on any atom is 0.240 e. The summed E-state index contributed by atoms with van der Waals surface area (Å²) in [5, 5.41) is 8.71. The largest absolute Gasteiger partial charge is 0.303 e. The lowest BCUT2D eigenvalue weighted by Crippen LogP contribution is -2.31. The number of hydrogen-bond donors (Lipinski definition) is 1. The molecule has 0 spiro atoms. The molecule has 0 radical (unpaired) electrons. The predicted octanol–water partition coefficient (Wildman–Crippen LogP) is 1.18. The van der Waals surface area contributed by atoms with Crippen LogP contribution in [-0.4, -0.2) is 39.5 Å². The fourth-order valence-electron chi connectivity index (χ4n) is 2.39. The third-order valence-electron chi connectivity index (χ3n) is 3.67. The molecule has 1 aromatic rings. The molecule has 1 N–H and O–H groups in total. The molecule has 6 heteroatoms. The maximum absolute atomic E-state index is 12.1. The zero-order chi connectivity index (χ0) is 14.6. The molecule has 1 saturated heterocycles. The Hall–Kier alpha value is -1.42. The number of rotatable bonds is 5. The average Bonchev–Trinajstić information content (AvgIpc) is 2.93. The second-order valence-electron chi connectivity index (χ2n) is 5.04. The summed E-state index contributed by atoms with van der Waals surface area (Å²) in [5.41, 5.74) is 0.457. The van der Waals surface area contributed by atoms with Crippen molar-refractivity contribution in [3.05, 3.63) is 29.8 Å². The number of sulfonamides is 1. The van der Waals surface area contributed by atoms with Crippen molar-refractivity contribution in [1.29, 1.82) is 5.26 Å². The average molecular weight is 293 g/mol. The van der Waals surface area contributed by atoms with Gasteiger partial charge in [-0.3, -0.25) is 0 Å². The van der Waals surface area contributed by atoms with E-state index in [0.717, 1.165) is 26.1 Å². The molecule has 1 heterocycles. The Balaban J connectivity index is 1.95. The van der Waals surface area contributed by atoms with Gasteiger partial charge in [0, 0.05) is 13.1 Å². The van der Waals surface area contributed by atoms with E-state index >= 15 is 0 Å². The number of nitriles is 1. The highest BCUT2D eigenvalue weighted by molar-refractivity contribution is 7.89. The van der Waals surface area contributed by atoms with E-state index in [-0.39, 0.29) is 4.90 Å². The van der Waals surface area contributed by atoms with Crippen molar-refractivity contribution in [2.24, 2.45) is 5.92 Å². The van der Waals surface area contributed by atoms with E-state index in [2.05, 4.69) is 16.5 Å². The Morgan fingerprint density at radius 3 is 2.65 bits per heavy atom. The lowest BCUT2D eigenvalue weighted by molar-refractivity contribution is 0.342. The zero-order valence-corrected chi connectivity index (χ0v) is 12.4. The minimum absolute atomic E-state index is 0.210. The molecule has 1 unspecified atom stereocenters. The minimum Gasteiger partial charge on any atom is -0.303 e. The van der Waals surface area contributed by atoms with Crippen molar-refractivity contribution < 1.29 is 8.42 Å². The van der Waals surface area contributed by atoms with E-state index in [9.17, 15) is 8.42 Å². The summed E-state index contributed by atoms with van der Waals surface area (Å²) in [6.45, 7) is 5.59. The molecule has 1 atom stereocenters. The first-order chi connectivity index (χ1) is 9.55. The lowest BCUT2D eigenvalue weighted by Gasteiger charge is -2.14. The Bertz CT molecular complexity index is 590. The second kappa shape index (κ2) is 6.35. The molecule has 1 aliphatic rings. The summed E-state index contributed by atoms with van der Waals surface area (Å²) in [6.07, 6.45) is 1.03. The Labute approximate surface area is 120 Å². The molecule has 20 heavy (non-hydrogen) atoms. The first-order valence-electron chi connectivity index (χ1n) is 6.77. The molecule has 108 valence electrons. The third kappa shape index (κ3) is 3.57. The van der Waals surface area contributed by atoms with Crippen LogP contribution in [0.1, 0.15) is 18.9 Å². The number of nitrogens with zero attached hydrogens (tertiary/aromatic N) is 2. The van der Waals surface area contributed by atoms with E-state index in [4.69, 9.17) is 5.26 Å². The highest BCUT2D eigenvalue weighted by Gasteiger charge is 2.23. The Morgan fingerprint density at radius 2 is 2.10 bits per heavy atom. The van der Waals surface area contributed by atoms with E-state index in [0.29, 0.717) is 18.0 Å². The van der Waals surface area contributed by atoms with Gasteiger partial charge in [0.25, 0.3) is 0 Å². The van der Waals surface area contributed by atoms with Crippen molar-refractivity contribution in [3.8, 4) is 6.07 Å². The van der Waals surface area contributed by atoms with Crippen LogP contribution >= 0.6 is 0 Å². The first-order valence-corrected chi connectivity index (χ1v) is 8.25. The Morgan fingerprint density at radius 1 is 1.40 bits per heavy atom. The van der Waals surface area contributed by atoms with Gasteiger partial charge in [-0.2, -0.15) is 5.26 Å². The molecular formula is C14H19N3O2S. The van der Waals surface area contributed by atoms with Gasteiger partial charge in [-0.25, -0.2) is 13.1 Å². The van der Waals surface area contributed by atoms with Crippen LogP contribution in [0.4, 0.5) is 0 Å². The fourth-order valence-corrected chi connectivity index (χ4v) is 3.50. The summed E-state index contributed by atoms with van der Waals surface area (Å²) >= 11 is 0. The van der Waals surface area contributed by atoms with Crippen molar-refractivity contribution in [3.63, 3.8) is 0 Å². The first kappa shape index (κ1) is 15.0. The summed E-state index contributed by atoms with van der Waals surface area (Å²) in [6, 6.07) is 7.94. The number of benzene rings is 1. The van der Waals surface area contributed by atoms with Gasteiger partial charge in [0.15, 0.2) is 0 Å². The molecule has 0 aromatic heterocycles. The molecule has 5 nitrogen and oxygen atoms in total. The van der Waals surface area contributed by atoms with Gasteiger partial charge in [0.1, 0.15) is 0 Å². The van der Waals surface area contributed by atoms with Gasteiger partial charge in [-0.05, 0) is 49.7 Å². The molecule has 1 aromatic carbocycles. The molecule has 1 fully saturated rings. The number of nitrogens with one attached hydrogen (secondary N) is 1. The highest BCUT2D eigenvalue weighted by Crippen LogP contribution is 2.16. The van der Waals surface area contributed by atoms with Gasteiger partial charge in [-0.1, -0.05) is 6.92 Å². The van der Waals surface area contributed by atoms with Crippen LogP contribution in [0, 0.1) is 17.2 Å². The Kier molecular flexibility index (Phi) is 4.76. The molecular weight excluding hydrogens is 274 g/mol. The summed E-state index contributed by atoms with van der Waals surface area (Å²) in [4.78, 5) is 2.53. The van der Waals surface area contributed by atoms with Gasteiger partial charge in [0.2, 0.25) is 10.0 Å². The summed E-state index contributed by atoms with van der Waals surface area (Å²) < 4.78 is 26.9. The zero-order valence-electron chi connectivity index (χ0n) is 11.5. The fraction of sp³-hybridized carbons (Fsp3) is 0.500. The van der Waals surface area contributed by atoms with Crippen molar-refractivity contribution in [2.45, 2.75) is 18.2 Å². The van der Waals surface area contributed by atoms with E-state index < -0.39 is 10.0 Å². The lowest BCUT2D eigenvalue weighted by atomic mass is 10.1. The third-order valence-corrected chi connectivity index (χ3v) is 5.11. The van der Waals surface area contributed by atoms with Gasteiger partial charge in [0.05, 0.1) is 16.5 Å². The van der Waals surface area contributed by atoms with Crippen molar-refractivity contribution in [1.82, 2.24) is 9.62 Å². The topological polar surface area (TPSA) is 73.2 Å². The standard InChI is InChI=1S/C14H19N3O2S/c1-2-17-8-7-13(11-17)10-16-20(18,19)14-5-3-12(9-15)4-6-14/h3-6,13,16H,2,7-8,10-11H2,1H3. The van der Waals surface area contributed by atoms with Crippen molar-refractivity contribution >= 4 is 10.0 Å². The molecule has 2 rings (SSSR count). The molecule has 0 amide bonds. The van der Waals surface area contributed by atoms with Crippen LogP contribution in [0.2, 0.25) is 0 Å². The van der Waals surface area contributed by atoms with Crippen LogP contribution in [0.5, 0.6) is 0 Å². The van der Waals surface area contributed by atoms with E-state index in [1.54, 1.807) is 0 Å². The van der Waals surface area contributed by atoms with Crippen LogP contribution < -0.4 is 4.72 Å². The SMILES string of the molecule is CCN1CCC(CNS(=O)(=O)c2ccc(C#N)cc2)C1. The van der Waals surface area contributed by atoms with Crippen LogP contribution in [0.15, 0.2) is 29.2 Å². The smallest absolute Gasteiger partial charge is 0.240 e. The summed E-state index contributed by atoms with van der Waals surface area (Å²) in [7, 11) is -3.47. The quantitative estimate of drug-likeness (QED) is 0.884. The number of likely N-dealkylation sites (tertiary alicyclic amines) is 1. The maximum atomic E-state index is 12.1.